The summed E-state index contributed by atoms with van der Waals surface area (Å²) in [7, 11) is 1.53. The number of nitrogens with two attached hydrogens (primary N) is 1. The molecule has 0 fully saturated rings. The van der Waals surface area contributed by atoms with E-state index in [0.717, 1.165) is 4.90 Å². The third-order valence-electron chi connectivity index (χ3n) is 3.28. The fourth-order valence-corrected chi connectivity index (χ4v) is 2.06. The van der Waals surface area contributed by atoms with Crippen molar-refractivity contribution in [3.05, 3.63) is 65.9 Å². The Morgan fingerprint density at radius 1 is 1.04 bits per heavy atom. The normalized spacial score (nSPS) is 11.2. The van der Waals surface area contributed by atoms with Gasteiger partial charge in [0, 0.05) is 17.6 Å². The average molecular weight is 381 g/mol. The maximum atomic E-state index is 8.97. The molecular formula is C19H28N2O4S. The molecule has 2 rings (SSSR count). The van der Waals surface area contributed by atoms with Crippen molar-refractivity contribution in [1.82, 2.24) is 0 Å². The van der Waals surface area contributed by atoms with Gasteiger partial charge in [-0.2, -0.15) is 0 Å². The van der Waals surface area contributed by atoms with Crippen LogP contribution >= 0.6 is 12.6 Å². The number of hydrogen-bond acceptors (Lipinski definition) is 4. The predicted octanol–water partition coefficient (Wildman–Crippen LogP) is 2.79. The van der Waals surface area contributed by atoms with Gasteiger partial charge >= 0.3 is 0 Å². The Morgan fingerprint density at radius 3 is 2.08 bits per heavy atom. The maximum absolute atomic E-state index is 8.97. The molecule has 0 saturated carbocycles. The van der Waals surface area contributed by atoms with Crippen LogP contribution < -0.4 is 5.73 Å². The molecule has 26 heavy (non-hydrogen) atoms. The van der Waals surface area contributed by atoms with E-state index in [0.29, 0.717) is 11.4 Å². The van der Waals surface area contributed by atoms with Crippen molar-refractivity contribution in [1.29, 1.82) is 0 Å². The number of amidine groups is 1. The zero-order valence-electron chi connectivity index (χ0n) is 15.2. The highest BCUT2D eigenvalue weighted by Crippen LogP contribution is 2.25. The van der Waals surface area contributed by atoms with Crippen LogP contribution in [0.15, 0.2) is 75.8 Å². The summed E-state index contributed by atoms with van der Waals surface area (Å²) in [6, 6.07) is 18.4. The van der Waals surface area contributed by atoms with E-state index in [4.69, 9.17) is 10.8 Å². The fourth-order valence-electron chi connectivity index (χ4n) is 1.77. The van der Waals surface area contributed by atoms with Gasteiger partial charge in [0.25, 0.3) is 0 Å². The molecule has 144 valence electrons. The summed E-state index contributed by atoms with van der Waals surface area (Å²) >= 11 is 4.41. The molecule has 0 radical (unpaired) electrons. The van der Waals surface area contributed by atoms with Crippen LogP contribution in [0.5, 0.6) is 0 Å². The average Bonchev–Trinajstić information content (AvgIpc) is 2.60. The van der Waals surface area contributed by atoms with Crippen LogP contribution in [0, 0.1) is 0 Å². The summed E-state index contributed by atoms with van der Waals surface area (Å²) in [6.07, 6.45) is 0. The minimum absolute atomic E-state index is 0. The lowest BCUT2D eigenvalue weighted by atomic mass is 10.1. The summed E-state index contributed by atoms with van der Waals surface area (Å²) in [5.41, 5.74) is 8.44. The highest BCUT2D eigenvalue weighted by Gasteiger charge is 1.99. The number of nitrogens with zero attached hydrogens (tertiary/aromatic N) is 1. The smallest absolute Gasteiger partial charge is 0.139 e. The summed E-state index contributed by atoms with van der Waals surface area (Å²) in [5, 5.41) is 8.97. The molecule has 0 spiro atoms. The van der Waals surface area contributed by atoms with Gasteiger partial charge in [0.2, 0.25) is 0 Å². The first-order chi connectivity index (χ1) is 11.5. The summed E-state index contributed by atoms with van der Waals surface area (Å²) in [6.45, 7) is 3.48. The topological polar surface area (TPSA) is 131 Å². The lowest BCUT2D eigenvalue weighted by Crippen LogP contribution is -2.15. The van der Waals surface area contributed by atoms with Crippen LogP contribution in [0.3, 0.4) is 0 Å². The Morgan fingerprint density at radius 2 is 1.58 bits per heavy atom. The summed E-state index contributed by atoms with van der Waals surface area (Å²) in [4.78, 5) is 4.84. The maximum Gasteiger partial charge on any atom is 0.139 e. The molecular weight excluding hydrogens is 352 g/mol. The van der Waals surface area contributed by atoms with Crippen LogP contribution in [0.1, 0.15) is 13.8 Å². The second kappa shape index (κ2) is 13.9. The van der Waals surface area contributed by atoms with Gasteiger partial charge in [0.05, 0.1) is 5.76 Å². The molecule has 0 heterocycles. The number of aliphatic imine (C=N–C) groups is 1. The first-order valence-electron chi connectivity index (χ1n) is 7.46. The largest absolute Gasteiger partial charge is 0.512 e. The second-order valence-corrected chi connectivity index (χ2v) is 5.54. The molecule has 0 aliphatic heterocycles. The monoisotopic (exact) mass is 380 g/mol. The summed E-state index contributed by atoms with van der Waals surface area (Å²) < 4.78 is 4.67. The van der Waals surface area contributed by atoms with E-state index in [1.165, 1.54) is 18.2 Å². The summed E-state index contributed by atoms with van der Waals surface area (Å²) in [5.74, 6) is 0.495. The zero-order chi connectivity index (χ0) is 17.9. The Kier molecular flexibility index (Phi) is 13.9. The lowest BCUT2D eigenvalue weighted by Gasteiger charge is -2.03. The molecule has 0 saturated heterocycles. The molecule has 6 nitrogen and oxygen atoms in total. The molecule has 0 aliphatic rings. The van der Waals surface area contributed by atoms with Gasteiger partial charge in [-0.15, -0.1) is 12.6 Å². The molecule has 0 atom stereocenters. The van der Waals surface area contributed by atoms with Crippen LogP contribution in [0.2, 0.25) is 0 Å². The highest BCUT2D eigenvalue weighted by atomic mass is 32.1. The van der Waals surface area contributed by atoms with Crippen molar-refractivity contribution in [3.63, 3.8) is 0 Å². The Bertz CT molecular complexity index is 700. The molecule has 0 aromatic heterocycles. The Hall–Kier alpha value is -2.32. The van der Waals surface area contributed by atoms with Crippen LogP contribution in [-0.4, -0.2) is 35.7 Å². The van der Waals surface area contributed by atoms with Crippen molar-refractivity contribution < 1.29 is 20.8 Å². The van der Waals surface area contributed by atoms with Crippen LogP contribution in [-0.2, 0) is 4.74 Å². The van der Waals surface area contributed by atoms with Gasteiger partial charge in [-0.25, -0.2) is 4.99 Å². The van der Waals surface area contributed by atoms with E-state index in [9.17, 15) is 0 Å². The van der Waals surface area contributed by atoms with Crippen LogP contribution in [0.4, 0.5) is 0 Å². The first-order valence-corrected chi connectivity index (χ1v) is 7.91. The molecule has 7 heteroatoms. The predicted molar refractivity (Wildman–Crippen MR) is 111 cm³/mol. The highest BCUT2D eigenvalue weighted by molar-refractivity contribution is 7.80. The molecule has 2 aromatic carbocycles. The zero-order valence-corrected chi connectivity index (χ0v) is 16.1. The van der Waals surface area contributed by atoms with E-state index >= 15 is 0 Å². The number of hydrogen-bond donors (Lipinski definition) is 3. The van der Waals surface area contributed by atoms with Crippen molar-refractivity contribution in [2.24, 2.45) is 10.7 Å². The number of aliphatic hydroxyl groups is 1. The van der Waals surface area contributed by atoms with E-state index in [1.807, 2.05) is 36.4 Å². The molecule has 7 N–H and O–H groups in total. The fraction of sp³-hybridized carbons (Fsp3) is 0.211. The second-order valence-electron chi connectivity index (χ2n) is 5.05. The van der Waals surface area contributed by atoms with Crippen molar-refractivity contribution >= 4 is 18.5 Å². The molecule has 2 aromatic rings. The molecule has 0 aliphatic carbocycles. The number of thiol groups is 1. The van der Waals surface area contributed by atoms with E-state index < -0.39 is 0 Å². The van der Waals surface area contributed by atoms with Crippen molar-refractivity contribution in [2.75, 3.05) is 13.8 Å². The van der Waals surface area contributed by atoms with Gasteiger partial charge in [-0.3, -0.25) is 0 Å². The SMILES string of the molecule is COC/N=C(N)/C(C)=C(/C)O.O.O.Sc1ccccc1-c1ccccc1. The minimum Gasteiger partial charge on any atom is -0.512 e. The molecule has 0 bridgehead atoms. The van der Waals surface area contributed by atoms with E-state index in [1.54, 1.807) is 13.8 Å². The number of methoxy groups -OCH3 is 1. The number of ether oxygens (including phenoxy) is 1. The Labute approximate surface area is 160 Å². The van der Waals surface area contributed by atoms with Crippen molar-refractivity contribution in [3.8, 4) is 11.1 Å². The number of allylic oxidation sites excluding steroid dienone is 1. The van der Waals surface area contributed by atoms with Gasteiger partial charge in [-0.1, -0.05) is 48.5 Å². The van der Waals surface area contributed by atoms with Gasteiger partial charge < -0.3 is 26.5 Å². The first kappa shape index (κ1) is 25.9. The van der Waals surface area contributed by atoms with Gasteiger partial charge in [0.15, 0.2) is 0 Å². The third-order valence-corrected chi connectivity index (χ3v) is 3.67. The molecule has 0 unspecified atom stereocenters. The quantitative estimate of drug-likeness (QED) is 0.326. The van der Waals surface area contributed by atoms with E-state index in [-0.39, 0.29) is 23.4 Å². The van der Waals surface area contributed by atoms with Crippen LogP contribution in [0.25, 0.3) is 11.1 Å². The minimum atomic E-state index is 0. The van der Waals surface area contributed by atoms with E-state index in [2.05, 4.69) is 40.6 Å². The molecule has 0 amide bonds. The Balaban J connectivity index is 0. The number of rotatable bonds is 4. The van der Waals surface area contributed by atoms with Gasteiger partial charge in [0.1, 0.15) is 12.6 Å². The number of benzene rings is 2. The van der Waals surface area contributed by atoms with Gasteiger partial charge in [-0.05, 0) is 31.0 Å². The standard InChI is InChI=1S/C12H10S.C7H14N2O2.2H2O/c13-12-9-5-4-8-11(12)10-6-2-1-3-7-10;1-5(6(2)10)7(8)9-4-11-3;;/h1-9,13H;10H,4H2,1-3H3,(H2,8,9);2*1H2/b;6-5-;;. The number of aliphatic hydroxyl groups excluding tert-OH is 1. The van der Waals surface area contributed by atoms with Crippen molar-refractivity contribution in [2.45, 2.75) is 18.7 Å². The third kappa shape index (κ3) is 8.68. The lowest BCUT2D eigenvalue weighted by molar-refractivity contribution is 0.209.